The van der Waals surface area contributed by atoms with Crippen LogP contribution in [-0.2, 0) is 10.1 Å². The van der Waals surface area contributed by atoms with E-state index in [0.29, 0.717) is 6.54 Å². The van der Waals surface area contributed by atoms with Crippen LogP contribution in [0.15, 0.2) is 0 Å². The Balaban J connectivity index is -0.000000612. The van der Waals surface area contributed by atoms with Crippen LogP contribution in [0.2, 0.25) is 0 Å². The largest absolute Gasteiger partial charge is 1.00 e. The van der Waals surface area contributed by atoms with E-state index in [4.69, 9.17) is 10.3 Å². The van der Waals surface area contributed by atoms with Crippen molar-refractivity contribution in [1.82, 2.24) is 0 Å². The molecular weight excluding hydrogens is 369 g/mol. The Morgan fingerprint density at radius 1 is 0.667 bits per heavy atom. The number of rotatable bonds is 17. The Labute approximate surface area is 192 Å². The maximum Gasteiger partial charge on any atom is 1.00 e. The van der Waals surface area contributed by atoms with Crippen molar-refractivity contribution in [3.05, 3.63) is 5.73 Å². The summed E-state index contributed by atoms with van der Waals surface area (Å²) in [4.78, 5) is 0. The molecule has 0 aromatic carbocycles. The van der Waals surface area contributed by atoms with Crippen molar-refractivity contribution < 1.29 is 42.5 Å². The smallest absolute Gasteiger partial charge is 0.677 e. The molecule has 0 rings (SSSR count). The SMILES string of the molecule is CC(C)S(=O)(=O)O.CCCCCCCCCCCCCCCCCC[NH-].[Na+]. The first kappa shape index (κ1) is 32.5. The molecule has 0 bridgehead atoms. The maximum absolute atomic E-state index is 9.89. The Hall–Kier alpha value is 0.870. The van der Waals surface area contributed by atoms with Gasteiger partial charge in [-0.15, -0.1) is 0 Å². The van der Waals surface area contributed by atoms with Crippen molar-refractivity contribution >= 4 is 10.1 Å². The van der Waals surface area contributed by atoms with Gasteiger partial charge in [-0.05, 0) is 13.8 Å². The van der Waals surface area contributed by atoms with Crippen molar-refractivity contribution in [3.8, 4) is 0 Å². The predicted octanol–water partition coefficient (Wildman–Crippen LogP) is 4.59. The maximum atomic E-state index is 9.89. The van der Waals surface area contributed by atoms with Gasteiger partial charge in [-0.1, -0.05) is 110 Å². The zero-order chi connectivity index (χ0) is 20.1. The molecule has 0 heterocycles. The molecule has 0 aliphatic carbocycles. The van der Waals surface area contributed by atoms with Gasteiger partial charge in [0.25, 0.3) is 10.1 Å². The van der Waals surface area contributed by atoms with Crippen LogP contribution in [-0.4, -0.2) is 24.8 Å². The number of unbranched alkanes of at least 4 members (excludes halogenated alkanes) is 15. The van der Waals surface area contributed by atoms with Gasteiger partial charge < -0.3 is 5.73 Å². The van der Waals surface area contributed by atoms with Gasteiger partial charge in [0.2, 0.25) is 0 Å². The summed E-state index contributed by atoms with van der Waals surface area (Å²) in [5, 5.41) is -0.674. The molecule has 2 N–H and O–H groups in total. The molecule has 4 nitrogen and oxygen atoms in total. The second kappa shape index (κ2) is 24.9. The standard InChI is InChI=1S/C18H38N.C3H8O3S.Na/c1-2-3-4-5-6-7-8-9-10-11-12-13-14-15-16-17-18-19;1-3(2)7(4,5)6;/h19H,2-18H2,1H3;3H,1-2H3,(H,4,5,6);/q-1;;+1. The summed E-state index contributed by atoms with van der Waals surface area (Å²) in [5.74, 6) is 0. The molecular formula is C21H46NNaO3S. The molecule has 0 spiro atoms. The molecule has 160 valence electrons. The molecule has 0 unspecified atom stereocenters. The summed E-state index contributed by atoms with van der Waals surface area (Å²) in [5.41, 5.74) is 7.08. The van der Waals surface area contributed by atoms with Gasteiger partial charge in [-0.3, -0.25) is 4.55 Å². The van der Waals surface area contributed by atoms with Gasteiger partial charge in [-0.2, -0.15) is 15.0 Å². The number of nitrogens with one attached hydrogen (secondary N) is 1. The zero-order valence-corrected chi connectivity index (χ0v) is 21.6. The van der Waals surface area contributed by atoms with Crippen LogP contribution >= 0.6 is 0 Å². The van der Waals surface area contributed by atoms with E-state index in [1.54, 1.807) is 0 Å². The molecule has 27 heavy (non-hydrogen) atoms. The van der Waals surface area contributed by atoms with Crippen LogP contribution in [0.4, 0.5) is 0 Å². The molecule has 0 aliphatic heterocycles. The second-order valence-electron chi connectivity index (χ2n) is 7.62. The third kappa shape index (κ3) is 31.8. The van der Waals surface area contributed by atoms with Crippen LogP contribution in [0.3, 0.4) is 0 Å². The first-order valence-corrected chi connectivity index (χ1v) is 12.5. The summed E-state index contributed by atoms with van der Waals surface area (Å²) in [6.45, 7) is 5.73. The van der Waals surface area contributed by atoms with E-state index < -0.39 is 15.4 Å². The van der Waals surface area contributed by atoms with Crippen LogP contribution in [0.5, 0.6) is 0 Å². The van der Waals surface area contributed by atoms with Crippen LogP contribution in [0, 0.1) is 0 Å². The third-order valence-corrected chi connectivity index (χ3v) is 5.82. The Bertz CT molecular complexity index is 346. The van der Waals surface area contributed by atoms with Crippen molar-refractivity contribution in [2.24, 2.45) is 0 Å². The van der Waals surface area contributed by atoms with Gasteiger partial charge in [-0.25, -0.2) is 0 Å². The van der Waals surface area contributed by atoms with Gasteiger partial charge in [0.1, 0.15) is 0 Å². The summed E-state index contributed by atoms with van der Waals surface area (Å²) in [7, 11) is -3.74. The summed E-state index contributed by atoms with van der Waals surface area (Å²) < 4.78 is 27.8. The van der Waals surface area contributed by atoms with Gasteiger partial charge in [0.05, 0.1) is 5.25 Å². The van der Waals surface area contributed by atoms with Crippen molar-refractivity contribution in [1.29, 1.82) is 0 Å². The molecule has 0 radical (unpaired) electrons. The Morgan fingerprint density at radius 3 is 1.07 bits per heavy atom. The summed E-state index contributed by atoms with van der Waals surface area (Å²) >= 11 is 0. The van der Waals surface area contributed by atoms with E-state index in [0.717, 1.165) is 6.42 Å². The minimum atomic E-state index is -3.74. The van der Waals surface area contributed by atoms with E-state index in [2.05, 4.69) is 6.92 Å². The fourth-order valence-corrected chi connectivity index (χ4v) is 2.67. The van der Waals surface area contributed by atoms with Crippen molar-refractivity contribution in [2.75, 3.05) is 6.54 Å². The molecule has 0 aromatic rings. The van der Waals surface area contributed by atoms with Crippen molar-refractivity contribution in [3.63, 3.8) is 0 Å². The fraction of sp³-hybridized carbons (Fsp3) is 1.00. The van der Waals surface area contributed by atoms with Gasteiger partial charge >= 0.3 is 29.6 Å². The molecule has 6 heteroatoms. The van der Waals surface area contributed by atoms with Crippen LogP contribution in [0.1, 0.15) is 124 Å². The first-order chi connectivity index (χ1) is 12.4. The molecule has 0 amide bonds. The average Bonchev–Trinajstić information content (AvgIpc) is 2.58. The molecule has 0 saturated carbocycles. The topological polar surface area (TPSA) is 78.2 Å². The minimum Gasteiger partial charge on any atom is -0.677 e. The molecule has 0 atom stereocenters. The van der Waals surface area contributed by atoms with E-state index in [1.165, 1.54) is 110 Å². The average molecular weight is 416 g/mol. The molecule has 0 saturated heterocycles. The molecule has 0 aliphatic rings. The molecule has 0 aromatic heterocycles. The predicted molar refractivity (Wildman–Crippen MR) is 115 cm³/mol. The second-order valence-corrected chi connectivity index (χ2v) is 9.59. The van der Waals surface area contributed by atoms with E-state index in [9.17, 15) is 8.42 Å². The monoisotopic (exact) mass is 415 g/mol. The van der Waals surface area contributed by atoms with Crippen LogP contribution < -0.4 is 29.6 Å². The normalized spacial score (nSPS) is 11.0. The minimum absolute atomic E-state index is 0. The van der Waals surface area contributed by atoms with E-state index in [-0.39, 0.29) is 29.6 Å². The van der Waals surface area contributed by atoms with Crippen LogP contribution in [0.25, 0.3) is 5.73 Å². The number of hydrogen-bond acceptors (Lipinski definition) is 2. The Kier molecular flexibility index (Phi) is 30.0. The summed E-state index contributed by atoms with van der Waals surface area (Å²) in [6, 6.07) is 0. The van der Waals surface area contributed by atoms with Gasteiger partial charge in [0, 0.05) is 0 Å². The van der Waals surface area contributed by atoms with Gasteiger partial charge in [0.15, 0.2) is 0 Å². The fourth-order valence-electron chi connectivity index (χ4n) is 2.67. The van der Waals surface area contributed by atoms with E-state index >= 15 is 0 Å². The third-order valence-electron chi connectivity index (χ3n) is 4.63. The summed E-state index contributed by atoms with van der Waals surface area (Å²) in [6.07, 6.45) is 22.5. The zero-order valence-electron chi connectivity index (χ0n) is 18.8. The molecule has 0 fully saturated rings. The first-order valence-electron chi connectivity index (χ1n) is 11.0. The van der Waals surface area contributed by atoms with Crippen molar-refractivity contribution in [2.45, 2.75) is 129 Å². The quantitative estimate of drug-likeness (QED) is 0.214. The van der Waals surface area contributed by atoms with E-state index in [1.807, 2.05) is 0 Å². The Morgan fingerprint density at radius 2 is 0.889 bits per heavy atom. The number of hydrogen-bond donors (Lipinski definition) is 1.